The van der Waals surface area contributed by atoms with Crippen LogP contribution in [0.25, 0.3) is 0 Å². The molecule has 0 aliphatic heterocycles. The molecule has 0 unspecified atom stereocenters. The minimum absolute atomic E-state index is 0.0837. The monoisotopic (exact) mass is 282 g/mol. The number of carbonyl (C=O) groups excluding carboxylic acids is 1. The summed E-state index contributed by atoms with van der Waals surface area (Å²) < 4.78 is 5.72. The highest BCUT2D eigenvalue weighted by Gasteiger charge is 2.32. The summed E-state index contributed by atoms with van der Waals surface area (Å²) in [5, 5.41) is 0. The van der Waals surface area contributed by atoms with E-state index in [4.69, 9.17) is 4.74 Å². The van der Waals surface area contributed by atoms with Gasteiger partial charge in [-0.25, -0.2) is 0 Å². The predicted octanol–water partition coefficient (Wildman–Crippen LogP) is 4.64. The van der Waals surface area contributed by atoms with Gasteiger partial charge in [-0.05, 0) is 38.0 Å². The van der Waals surface area contributed by atoms with Gasteiger partial charge in [-0.1, -0.05) is 49.4 Å². The highest BCUT2D eigenvalue weighted by atomic mass is 16.5. The van der Waals surface area contributed by atoms with Crippen LogP contribution in [-0.2, 0) is 5.41 Å². The molecule has 0 bridgehead atoms. The summed E-state index contributed by atoms with van der Waals surface area (Å²) in [4.78, 5) is 13.0. The van der Waals surface area contributed by atoms with Gasteiger partial charge in [-0.15, -0.1) is 0 Å². The van der Waals surface area contributed by atoms with Gasteiger partial charge in [0.15, 0.2) is 5.78 Å². The van der Waals surface area contributed by atoms with Crippen molar-refractivity contribution >= 4 is 5.78 Å². The molecule has 2 nitrogen and oxygen atoms in total. The molecule has 0 aromatic heterocycles. The van der Waals surface area contributed by atoms with Crippen molar-refractivity contribution in [3.8, 4) is 5.75 Å². The molecule has 0 amide bonds. The molecule has 2 aromatic rings. The van der Waals surface area contributed by atoms with Gasteiger partial charge in [0, 0.05) is 0 Å². The normalized spacial score (nSPS) is 11.2. The number of Topliss-reactive ketones (excluding diaryl/α,β-unsaturated/α-hetero) is 1. The summed E-state index contributed by atoms with van der Waals surface area (Å²) in [6.07, 6.45) is 0.921. The fourth-order valence-corrected chi connectivity index (χ4v) is 2.31. The molecule has 110 valence electrons. The van der Waals surface area contributed by atoms with E-state index in [1.165, 1.54) is 0 Å². The van der Waals surface area contributed by atoms with E-state index in [0.29, 0.717) is 17.9 Å². The molecule has 0 atom stereocenters. The summed E-state index contributed by atoms with van der Waals surface area (Å²) in [5.41, 5.74) is 1.09. The first kappa shape index (κ1) is 15.3. The lowest BCUT2D eigenvalue weighted by molar-refractivity contribution is 0.0904. The van der Waals surface area contributed by atoms with Crippen molar-refractivity contribution in [2.75, 3.05) is 6.61 Å². The lowest BCUT2D eigenvalue weighted by Gasteiger charge is -2.25. The largest absolute Gasteiger partial charge is 0.493 e. The minimum atomic E-state index is -0.576. The van der Waals surface area contributed by atoms with Gasteiger partial charge >= 0.3 is 0 Å². The third-order valence-corrected chi connectivity index (χ3v) is 3.66. The van der Waals surface area contributed by atoms with Crippen LogP contribution in [0.2, 0.25) is 0 Å². The van der Waals surface area contributed by atoms with E-state index in [1.807, 2.05) is 68.4 Å². The summed E-state index contributed by atoms with van der Waals surface area (Å²) in [7, 11) is 0. The molecular weight excluding hydrogens is 260 g/mol. The van der Waals surface area contributed by atoms with Crippen molar-refractivity contribution in [3.05, 3.63) is 65.7 Å². The maximum atomic E-state index is 13.0. The van der Waals surface area contributed by atoms with Crippen LogP contribution in [0.15, 0.2) is 54.6 Å². The number of ether oxygens (including phenoxy) is 1. The van der Waals surface area contributed by atoms with Crippen molar-refractivity contribution in [3.63, 3.8) is 0 Å². The number of benzene rings is 2. The smallest absolute Gasteiger partial charge is 0.176 e. The van der Waals surface area contributed by atoms with Crippen LogP contribution >= 0.6 is 0 Å². The van der Waals surface area contributed by atoms with Crippen LogP contribution in [0, 0.1) is 0 Å². The van der Waals surface area contributed by atoms with Gasteiger partial charge in [0.05, 0.1) is 17.6 Å². The van der Waals surface area contributed by atoms with Gasteiger partial charge in [-0.2, -0.15) is 0 Å². The van der Waals surface area contributed by atoms with Gasteiger partial charge in [-0.3, -0.25) is 4.79 Å². The summed E-state index contributed by atoms with van der Waals surface area (Å²) in [5.74, 6) is 0.758. The standard InChI is InChI=1S/C19H22O2/c1-4-14-21-17-13-9-8-12-16(17)18(20)19(2,3)15-10-6-5-7-11-15/h5-13H,4,14H2,1-3H3. The van der Waals surface area contributed by atoms with Crippen LogP contribution in [-0.4, -0.2) is 12.4 Å². The number of hydrogen-bond donors (Lipinski definition) is 0. The molecule has 0 aliphatic carbocycles. The first-order chi connectivity index (χ1) is 10.1. The fraction of sp³-hybridized carbons (Fsp3) is 0.316. The molecule has 2 heteroatoms. The molecule has 0 saturated heterocycles. The zero-order valence-electron chi connectivity index (χ0n) is 12.9. The van der Waals surface area contributed by atoms with Crippen LogP contribution in [0.4, 0.5) is 0 Å². The van der Waals surface area contributed by atoms with Crippen molar-refractivity contribution in [1.29, 1.82) is 0 Å². The first-order valence-electron chi connectivity index (χ1n) is 7.39. The number of hydrogen-bond acceptors (Lipinski definition) is 2. The molecule has 21 heavy (non-hydrogen) atoms. The summed E-state index contributed by atoms with van der Waals surface area (Å²) >= 11 is 0. The topological polar surface area (TPSA) is 26.3 Å². The Morgan fingerprint density at radius 3 is 2.29 bits per heavy atom. The van der Waals surface area contributed by atoms with E-state index < -0.39 is 5.41 Å². The van der Waals surface area contributed by atoms with E-state index in [-0.39, 0.29) is 5.78 Å². The van der Waals surface area contributed by atoms with Crippen molar-refractivity contribution < 1.29 is 9.53 Å². The predicted molar refractivity (Wildman–Crippen MR) is 86.0 cm³/mol. The molecule has 0 N–H and O–H groups in total. The Morgan fingerprint density at radius 1 is 1.00 bits per heavy atom. The van der Waals surface area contributed by atoms with Crippen LogP contribution < -0.4 is 4.74 Å². The Kier molecular flexibility index (Phi) is 4.79. The molecule has 0 fully saturated rings. The van der Waals surface area contributed by atoms with E-state index in [2.05, 4.69) is 6.92 Å². The highest BCUT2D eigenvalue weighted by Crippen LogP contribution is 2.31. The van der Waals surface area contributed by atoms with E-state index in [0.717, 1.165) is 12.0 Å². The minimum Gasteiger partial charge on any atom is -0.493 e. The van der Waals surface area contributed by atoms with E-state index in [9.17, 15) is 4.79 Å². The molecule has 0 saturated carbocycles. The Balaban J connectivity index is 2.35. The number of ketones is 1. The van der Waals surface area contributed by atoms with Crippen molar-refractivity contribution in [2.45, 2.75) is 32.6 Å². The zero-order valence-corrected chi connectivity index (χ0v) is 12.9. The number of para-hydroxylation sites is 1. The van der Waals surface area contributed by atoms with Gasteiger partial charge in [0.1, 0.15) is 5.75 Å². The number of carbonyl (C=O) groups is 1. The molecule has 2 aromatic carbocycles. The van der Waals surface area contributed by atoms with Gasteiger partial charge < -0.3 is 4.74 Å². The lowest BCUT2D eigenvalue weighted by atomic mass is 9.78. The maximum absolute atomic E-state index is 13.0. The Morgan fingerprint density at radius 2 is 1.62 bits per heavy atom. The summed E-state index contributed by atoms with van der Waals surface area (Å²) in [6, 6.07) is 17.4. The van der Waals surface area contributed by atoms with Crippen LogP contribution in [0.3, 0.4) is 0 Å². The van der Waals surface area contributed by atoms with Crippen LogP contribution in [0.5, 0.6) is 5.75 Å². The second-order valence-electron chi connectivity index (χ2n) is 5.66. The van der Waals surface area contributed by atoms with Crippen molar-refractivity contribution in [1.82, 2.24) is 0 Å². The molecule has 0 aliphatic rings. The average molecular weight is 282 g/mol. The number of rotatable bonds is 6. The summed E-state index contributed by atoms with van der Waals surface area (Å²) in [6.45, 7) is 6.59. The SMILES string of the molecule is CCCOc1ccccc1C(=O)C(C)(C)c1ccccc1. The third-order valence-electron chi connectivity index (χ3n) is 3.66. The molecular formula is C19H22O2. The Bertz CT molecular complexity index is 600. The maximum Gasteiger partial charge on any atom is 0.176 e. The highest BCUT2D eigenvalue weighted by molar-refractivity contribution is 6.05. The molecule has 2 rings (SSSR count). The van der Waals surface area contributed by atoms with E-state index >= 15 is 0 Å². The lowest BCUT2D eigenvalue weighted by Crippen LogP contribution is -2.29. The zero-order chi connectivity index (χ0) is 15.3. The second-order valence-corrected chi connectivity index (χ2v) is 5.66. The Labute approximate surface area is 126 Å². The van der Waals surface area contributed by atoms with E-state index in [1.54, 1.807) is 0 Å². The molecule has 0 heterocycles. The fourth-order valence-electron chi connectivity index (χ4n) is 2.31. The third kappa shape index (κ3) is 3.33. The quantitative estimate of drug-likeness (QED) is 0.722. The van der Waals surface area contributed by atoms with Gasteiger partial charge in [0.25, 0.3) is 0 Å². The van der Waals surface area contributed by atoms with Crippen LogP contribution in [0.1, 0.15) is 43.1 Å². The first-order valence-corrected chi connectivity index (χ1v) is 7.39. The average Bonchev–Trinajstić information content (AvgIpc) is 2.53. The van der Waals surface area contributed by atoms with Gasteiger partial charge in [0.2, 0.25) is 0 Å². The van der Waals surface area contributed by atoms with Crippen molar-refractivity contribution in [2.24, 2.45) is 0 Å². The second kappa shape index (κ2) is 6.57. The molecule has 0 spiro atoms. The molecule has 0 radical (unpaired) electrons. The Hall–Kier alpha value is -2.09.